The van der Waals surface area contributed by atoms with Crippen LogP contribution in [0.5, 0.6) is 11.6 Å². The van der Waals surface area contributed by atoms with Crippen molar-refractivity contribution in [2.75, 3.05) is 13.2 Å². The van der Waals surface area contributed by atoms with Gasteiger partial charge in [-0.3, -0.25) is 9.78 Å². The summed E-state index contributed by atoms with van der Waals surface area (Å²) in [7, 11) is 0. The van der Waals surface area contributed by atoms with Crippen LogP contribution in [0.25, 0.3) is 0 Å². The maximum absolute atomic E-state index is 11.1. The molecule has 19 heavy (non-hydrogen) atoms. The fourth-order valence-corrected chi connectivity index (χ4v) is 2.33. The van der Waals surface area contributed by atoms with Crippen LogP contribution in [-0.2, 0) is 11.3 Å². The Morgan fingerprint density at radius 1 is 1.26 bits per heavy atom. The first kappa shape index (κ1) is 13.6. The molecule has 102 valence electrons. The highest BCUT2D eigenvalue weighted by Gasteiger charge is 2.07. The van der Waals surface area contributed by atoms with Crippen molar-refractivity contribution < 1.29 is 14.7 Å². The first-order valence-corrected chi connectivity index (χ1v) is 6.45. The molecule has 0 aliphatic rings. The molecule has 4 N–H and O–H groups in total. The second-order valence-electron chi connectivity index (χ2n) is 3.83. The van der Waals surface area contributed by atoms with Gasteiger partial charge in [0.25, 0.3) is 0 Å². The summed E-state index contributed by atoms with van der Waals surface area (Å²) in [5, 5.41) is 9.49. The lowest BCUT2D eigenvalue weighted by Crippen LogP contribution is -2.09. The van der Waals surface area contributed by atoms with Crippen LogP contribution in [0.1, 0.15) is 10.4 Å². The lowest BCUT2D eigenvalue weighted by molar-refractivity contribution is 0.102. The summed E-state index contributed by atoms with van der Waals surface area (Å²) >= 11 is 1.01. The predicted molar refractivity (Wildman–Crippen MR) is 71.5 cm³/mol. The standard InChI is InChI=1S/C12H14N2O4S/c13-18-6-5-17-9-3-1-8(2-4-9)7-10-11(15)14-12(16)19-10/h1-4,15H,5-7,13H2,(H,14,16). The second-order valence-corrected chi connectivity index (χ2v) is 4.89. The van der Waals surface area contributed by atoms with Crippen molar-refractivity contribution in [3.05, 3.63) is 44.4 Å². The summed E-state index contributed by atoms with van der Waals surface area (Å²) in [6.45, 7) is 0.711. The number of rotatable bonds is 6. The molecule has 0 spiro atoms. The molecule has 0 saturated heterocycles. The van der Waals surface area contributed by atoms with Crippen LogP contribution in [0.3, 0.4) is 0 Å². The van der Waals surface area contributed by atoms with Gasteiger partial charge in [0.05, 0.1) is 4.88 Å². The minimum Gasteiger partial charge on any atom is -0.494 e. The summed E-state index contributed by atoms with van der Waals surface area (Å²) in [5.74, 6) is 5.54. The number of aromatic amines is 1. The molecular formula is C12H14N2O4S. The molecule has 1 aromatic carbocycles. The molecule has 1 heterocycles. The Hall–Kier alpha value is -1.83. The molecule has 0 radical (unpaired) electrons. The van der Waals surface area contributed by atoms with Crippen molar-refractivity contribution >= 4 is 11.3 Å². The molecule has 0 amide bonds. The summed E-state index contributed by atoms with van der Waals surface area (Å²) in [6, 6.07) is 7.39. The maximum atomic E-state index is 11.1. The van der Waals surface area contributed by atoms with E-state index in [1.165, 1.54) is 0 Å². The average Bonchev–Trinajstić information content (AvgIpc) is 2.70. The molecule has 6 nitrogen and oxygen atoms in total. The van der Waals surface area contributed by atoms with E-state index in [2.05, 4.69) is 9.82 Å². The average molecular weight is 282 g/mol. The third-order valence-electron chi connectivity index (χ3n) is 2.46. The van der Waals surface area contributed by atoms with Crippen molar-refractivity contribution in [1.29, 1.82) is 0 Å². The molecule has 2 rings (SSSR count). The summed E-state index contributed by atoms with van der Waals surface area (Å²) < 4.78 is 5.37. The van der Waals surface area contributed by atoms with Gasteiger partial charge in [0, 0.05) is 6.42 Å². The zero-order valence-electron chi connectivity index (χ0n) is 10.1. The van der Waals surface area contributed by atoms with E-state index in [1.807, 2.05) is 24.3 Å². The van der Waals surface area contributed by atoms with E-state index in [0.29, 0.717) is 30.3 Å². The lowest BCUT2D eigenvalue weighted by atomic mass is 10.1. The number of aromatic hydroxyl groups is 1. The van der Waals surface area contributed by atoms with E-state index in [9.17, 15) is 9.90 Å². The third-order valence-corrected chi connectivity index (χ3v) is 3.33. The number of ether oxygens (including phenoxy) is 1. The van der Waals surface area contributed by atoms with Gasteiger partial charge in [-0.15, -0.1) is 0 Å². The fourth-order valence-electron chi connectivity index (χ4n) is 1.57. The summed E-state index contributed by atoms with van der Waals surface area (Å²) in [6.07, 6.45) is 0.501. The van der Waals surface area contributed by atoms with E-state index < -0.39 is 0 Å². The first-order chi connectivity index (χ1) is 9.19. The van der Waals surface area contributed by atoms with E-state index in [-0.39, 0.29) is 10.8 Å². The lowest BCUT2D eigenvalue weighted by Gasteiger charge is -2.06. The van der Waals surface area contributed by atoms with Gasteiger partial charge in [0.2, 0.25) is 5.88 Å². The highest BCUT2D eigenvalue weighted by molar-refractivity contribution is 7.09. The molecule has 2 aromatic rings. The van der Waals surface area contributed by atoms with E-state index in [4.69, 9.17) is 10.6 Å². The third kappa shape index (κ3) is 3.82. The number of hydrogen-bond donors (Lipinski definition) is 3. The van der Waals surface area contributed by atoms with Gasteiger partial charge < -0.3 is 14.7 Å². The molecule has 0 saturated carbocycles. The van der Waals surface area contributed by atoms with Crippen LogP contribution in [0.4, 0.5) is 0 Å². The topological polar surface area (TPSA) is 97.6 Å². The van der Waals surface area contributed by atoms with Gasteiger partial charge in [-0.25, -0.2) is 5.90 Å². The van der Waals surface area contributed by atoms with E-state index in [0.717, 1.165) is 16.9 Å². The van der Waals surface area contributed by atoms with Crippen LogP contribution >= 0.6 is 11.3 Å². The first-order valence-electron chi connectivity index (χ1n) is 5.63. The minimum atomic E-state index is -0.255. The van der Waals surface area contributed by atoms with Crippen LogP contribution in [0.15, 0.2) is 29.1 Å². The van der Waals surface area contributed by atoms with Crippen molar-refractivity contribution in [2.24, 2.45) is 5.90 Å². The van der Waals surface area contributed by atoms with Crippen LogP contribution < -0.4 is 15.5 Å². The number of nitrogens with two attached hydrogens (primary N) is 1. The van der Waals surface area contributed by atoms with Gasteiger partial charge in [-0.2, -0.15) is 0 Å². The second kappa shape index (κ2) is 6.37. The Morgan fingerprint density at radius 3 is 2.58 bits per heavy atom. The van der Waals surface area contributed by atoms with Crippen molar-refractivity contribution in [3.8, 4) is 11.6 Å². The van der Waals surface area contributed by atoms with E-state index >= 15 is 0 Å². The minimum absolute atomic E-state index is 0.0598. The SMILES string of the molecule is NOCCOc1ccc(Cc2sc(=O)[nH]c2O)cc1. The van der Waals surface area contributed by atoms with Crippen LogP contribution in [0, 0.1) is 0 Å². The summed E-state index contributed by atoms with van der Waals surface area (Å²) in [4.78, 5) is 18.2. The Balaban J connectivity index is 1.98. The molecule has 1 aromatic heterocycles. The van der Waals surface area contributed by atoms with Crippen LogP contribution in [0.2, 0.25) is 0 Å². The number of aromatic nitrogens is 1. The Bertz CT molecular complexity index is 576. The van der Waals surface area contributed by atoms with Gasteiger partial charge in [0.1, 0.15) is 19.0 Å². The zero-order chi connectivity index (χ0) is 13.7. The highest BCUT2D eigenvalue weighted by Crippen LogP contribution is 2.21. The van der Waals surface area contributed by atoms with Crippen molar-refractivity contribution in [3.63, 3.8) is 0 Å². The predicted octanol–water partition coefficient (Wildman–Crippen LogP) is 1.00. The Morgan fingerprint density at radius 2 is 2.00 bits per heavy atom. The molecule has 0 fully saturated rings. The Kier molecular flexibility index (Phi) is 4.56. The number of benzene rings is 1. The van der Waals surface area contributed by atoms with Gasteiger partial charge >= 0.3 is 4.87 Å². The fraction of sp³-hybridized carbons (Fsp3) is 0.250. The zero-order valence-corrected chi connectivity index (χ0v) is 10.9. The van der Waals surface area contributed by atoms with Gasteiger partial charge in [-0.1, -0.05) is 23.5 Å². The number of hydrogen-bond acceptors (Lipinski definition) is 6. The molecule has 0 aliphatic carbocycles. The largest absolute Gasteiger partial charge is 0.494 e. The van der Waals surface area contributed by atoms with Gasteiger partial charge in [-0.05, 0) is 17.7 Å². The quantitative estimate of drug-likeness (QED) is 0.542. The van der Waals surface area contributed by atoms with Gasteiger partial charge in [0.15, 0.2) is 0 Å². The number of thiazole rings is 1. The van der Waals surface area contributed by atoms with Crippen molar-refractivity contribution in [1.82, 2.24) is 4.98 Å². The molecule has 7 heteroatoms. The molecular weight excluding hydrogens is 268 g/mol. The highest BCUT2D eigenvalue weighted by atomic mass is 32.1. The molecule has 0 atom stereocenters. The van der Waals surface area contributed by atoms with Crippen molar-refractivity contribution in [2.45, 2.75) is 6.42 Å². The smallest absolute Gasteiger partial charge is 0.307 e. The van der Waals surface area contributed by atoms with Crippen LogP contribution in [-0.4, -0.2) is 23.3 Å². The maximum Gasteiger partial charge on any atom is 0.307 e. The molecule has 0 bridgehead atoms. The normalized spacial score (nSPS) is 10.6. The number of nitrogens with one attached hydrogen (secondary N) is 1. The number of H-pyrrole nitrogens is 1. The monoisotopic (exact) mass is 282 g/mol. The molecule has 0 aliphatic heterocycles. The Labute approximate surface area is 113 Å². The molecule has 0 unspecified atom stereocenters. The summed E-state index contributed by atoms with van der Waals surface area (Å²) in [5.41, 5.74) is 0.980. The van der Waals surface area contributed by atoms with E-state index in [1.54, 1.807) is 0 Å².